The van der Waals surface area contributed by atoms with E-state index in [2.05, 4.69) is 10.2 Å². The van der Waals surface area contributed by atoms with E-state index in [9.17, 15) is 4.79 Å². The number of urea groups is 1. The van der Waals surface area contributed by atoms with E-state index in [4.69, 9.17) is 5.11 Å². The second kappa shape index (κ2) is 6.21. The maximum absolute atomic E-state index is 12.0. The minimum absolute atomic E-state index is 0.0977. The van der Waals surface area contributed by atoms with E-state index in [1.54, 1.807) is 0 Å². The van der Waals surface area contributed by atoms with Crippen molar-refractivity contribution in [3.05, 3.63) is 0 Å². The number of aliphatic hydroxyl groups excluding tert-OH is 1. The third kappa shape index (κ3) is 3.57. The van der Waals surface area contributed by atoms with Crippen LogP contribution in [-0.4, -0.2) is 66.3 Å². The standard InChI is InChI=1S/C12H23N3O2/c16-10-9-14-5-2-6-15(8-7-14)12(17)13-11-3-1-4-11/h11,16H,1-10H2,(H,13,17). The SMILES string of the molecule is O=C(NC1CCC1)N1CCCN(CCO)CC1. The van der Waals surface area contributed by atoms with Crippen LogP contribution in [0.4, 0.5) is 4.79 Å². The summed E-state index contributed by atoms with van der Waals surface area (Å²) in [6.45, 7) is 4.39. The van der Waals surface area contributed by atoms with Gasteiger partial charge in [0, 0.05) is 32.2 Å². The average Bonchev–Trinajstić information content (AvgIpc) is 2.49. The van der Waals surface area contributed by atoms with E-state index in [0.717, 1.165) is 52.0 Å². The molecular weight excluding hydrogens is 218 g/mol. The normalized spacial score (nSPS) is 23.0. The van der Waals surface area contributed by atoms with Crippen molar-refractivity contribution in [1.82, 2.24) is 15.1 Å². The lowest BCUT2D eigenvalue weighted by Crippen LogP contribution is -2.48. The van der Waals surface area contributed by atoms with Crippen LogP contribution >= 0.6 is 0 Å². The summed E-state index contributed by atoms with van der Waals surface area (Å²) in [5, 5.41) is 12.0. The van der Waals surface area contributed by atoms with Gasteiger partial charge in [0.15, 0.2) is 0 Å². The molecule has 1 aliphatic heterocycles. The molecule has 1 aliphatic carbocycles. The number of carbonyl (C=O) groups is 1. The van der Waals surface area contributed by atoms with E-state index in [0.29, 0.717) is 6.04 Å². The summed E-state index contributed by atoms with van der Waals surface area (Å²) >= 11 is 0. The smallest absolute Gasteiger partial charge is 0.317 e. The lowest BCUT2D eigenvalue weighted by molar-refractivity contribution is 0.181. The molecule has 2 aliphatic rings. The first kappa shape index (κ1) is 12.6. The Morgan fingerprint density at radius 1 is 1.18 bits per heavy atom. The Hall–Kier alpha value is -0.810. The summed E-state index contributed by atoms with van der Waals surface area (Å²) in [5.41, 5.74) is 0. The molecule has 98 valence electrons. The second-order valence-electron chi connectivity index (χ2n) is 4.98. The molecule has 1 heterocycles. The number of aliphatic hydroxyl groups is 1. The predicted molar refractivity (Wildman–Crippen MR) is 65.9 cm³/mol. The van der Waals surface area contributed by atoms with Gasteiger partial charge in [0.25, 0.3) is 0 Å². The fourth-order valence-corrected chi connectivity index (χ4v) is 2.36. The molecule has 1 saturated heterocycles. The number of nitrogens with zero attached hydrogens (tertiary/aromatic N) is 2. The van der Waals surface area contributed by atoms with Crippen molar-refractivity contribution in [1.29, 1.82) is 0 Å². The molecule has 5 heteroatoms. The molecule has 0 aromatic rings. The van der Waals surface area contributed by atoms with Crippen molar-refractivity contribution >= 4 is 6.03 Å². The van der Waals surface area contributed by atoms with Gasteiger partial charge in [-0.25, -0.2) is 4.79 Å². The highest BCUT2D eigenvalue weighted by atomic mass is 16.3. The van der Waals surface area contributed by atoms with Crippen molar-refractivity contribution in [2.45, 2.75) is 31.7 Å². The first-order valence-electron chi connectivity index (χ1n) is 6.68. The quantitative estimate of drug-likeness (QED) is 0.744. The summed E-state index contributed by atoms with van der Waals surface area (Å²) in [5.74, 6) is 0. The van der Waals surface area contributed by atoms with Crippen LogP contribution in [0.5, 0.6) is 0 Å². The van der Waals surface area contributed by atoms with Gasteiger partial charge in [0.05, 0.1) is 6.61 Å². The Balaban J connectivity index is 1.74. The molecule has 0 bridgehead atoms. The number of hydrogen-bond acceptors (Lipinski definition) is 3. The van der Waals surface area contributed by atoms with E-state index in [1.165, 1.54) is 6.42 Å². The summed E-state index contributed by atoms with van der Waals surface area (Å²) in [4.78, 5) is 16.1. The number of β-amino-alcohol motifs (C(OH)–C–C–N with tert-alkyl or cyclic N) is 1. The van der Waals surface area contributed by atoms with E-state index in [1.807, 2.05) is 4.90 Å². The highest BCUT2D eigenvalue weighted by molar-refractivity contribution is 5.74. The zero-order valence-electron chi connectivity index (χ0n) is 10.4. The lowest BCUT2D eigenvalue weighted by atomic mass is 9.93. The zero-order chi connectivity index (χ0) is 12.1. The van der Waals surface area contributed by atoms with Gasteiger partial charge in [-0.15, -0.1) is 0 Å². The van der Waals surface area contributed by atoms with Gasteiger partial charge in [-0.05, 0) is 32.2 Å². The van der Waals surface area contributed by atoms with Gasteiger partial charge in [-0.1, -0.05) is 0 Å². The molecule has 0 unspecified atom stereocenters. The van der Waals surface area contributed by atoms with E-state index < -0.39 is 0 Å². The maximum Gasteiger partial charge on any atom is 0.317 e. The van der Waals surface area contributed by atoms with Crippen LogP contribution in [0.15, 0.2) is 0 Å². The van der Waals surface area contributed by atoms with Crippen LogP contribution in [0.25, 0.3) is 0 Å². The van der Waals surface area contributed by atoms with Gasteiger partial charge in [-0.2, -0.15) is 0 Å². The number of amides is 2. The first-order chi connectivity index (χ1) is 8.29. The van der Waals surface area contributed by atoms with E-state index in [-0.39, 0.29) is 12.6 Å². The van der Waals surface area contributed by atoms with Crippen LogP contribution in [-0.2, 0) is 0 Å². The average molecular weight is 241 g/mol. The summed E-state index contributed by atoms with van der Waals surface area (Å²) < 4.78 is 0. The molecule has 0 spiro atoms. The van der Waals surface area contributed by atoms with Gasteiger partial charge in [-0.3, -0.25) is 4.90 Å². The summed E-state index contributed by atoms with van der Waals surface area (Å²) in [6.07, 6.45) is 4.51. The third-order valence-electron chi connectivity index (χ3n) is 3.72. The molecule has 1 saturated carbocycles. The number of nitrogens with one attached hydrogen (secondary N) is 1. The largest absolute Gasteiger partial charge is 0.395 e. The topological polar surface area (TPSA) is 55.8 Å². The zero-order valence-corrected chi connectivity index (χ0v) is 10.4. The minimum atomic E-state index is 0.0977. The molecule has 17 heavy (non-hydrogen) atoms. The molecule has 0 aromatic carbocycles. The Morgan fingerprint density at radius 2 is 2.00 bits per heavy atom. The van der Waals surface area contributed by atoms with E-state index >= 15 is 0 Å². The molecule has 0 radical (unpaired) electrons. The van der Waals surface area contributed by atoms with Crippen molar-refractivity contribution in [3.8, 4) is 0 Å². The minimum Gasteiger partial charge on any atom is -0.395 e. The molecule has 2 rings (SSSR count). The molecule has 2 fully saturated rings. The van der Waals surface area contributed by atoms with Crippen LogP contribution in [0.1, 0.15) is 25.7 Å². The highest BCUT2D eigenvalue weighted by Crippen LogP contribution is 2.18. The molecular formula is C12H23N3O2. The van der Waals surface area contributed by atoms with Crippen molar-refractivity contribution in [2.75, 3.05) is 39.3 Å². The van der Waals surface area contributed by atoms with Crippen molar-refractivity contribution < 1.29 is 9.90 Å². The Morgan fingerprint density at radius 3 is 2.65 bits per heavy atom. The Labute approximate surface area is 103 Å². The number of rotatable bonds is 3. The molecule has 2 N–H and O–H groups in total. The summed E-state index contributed by atoms with van der Waals surface area (Å²) in [6, 6.07) is 0.514. The number of carbonyl (C=O) groups excluding carboxylic acids is 1. The predicted octanol–water partition coefficient (Wildman–Crippen LogP) is 0.248. The molecule has 2 amide bonds. The van der Waals surface area contributed by atoms with Crippen molar-refractivity contribution in [3.63, 3.8) is 0 Å². The first-order valence-corrected chi connectivity index (χ1v) is 6.68. The van der Waals surface area contributed by atoms with Crippen LogP contribution < -0.4 is 5.32 Å². The van der Waals surface area contributed by atoms with Crippen LogP contribution in [0, 0.1) is 0 Å². The monoisotopic (exact) mass is 241 g/mol. The maximum atomic E-state index is 12.0. The Bertz CT molecular complexity index is 256. The summed E-state index contributed by atoms with van der Waals surface area (Å²) in [7, 11) is 0. The van der Waals surface area contributed by atoms with Crippen molar-refractivity contribution in [2.24, 2.45) is 0 Å². The van der Waals surface area contributed by atoms with Gasteiger partial charge in [0.1, 0.15) is 0 Å². The highest BCUT2D eigenvalue weighted by Gasteiger charge is 2.24. The number of hydrogen-bond donors (Lipinski definition) is 2. The lowest BCUT2D eigenvalue weighted by Gasteiger charge is -2.30. The van der Waals surface area contributed by atoms with Crippen LogP contribution in [0.3, 0.4) is 0 Å². The fraction of sp³-hybridized carbons (Fsp3) is 0.917. The molecule has 0 aromatic heterocycles. The van der Waals surface area contributed by atoms with Gasteiger partial charge in [0.2, 0.25) is 0 Å². The molecule has 5 nitrogen and oxygen atoms in total. The van der Waals surface area contributed by atoms with Gasteiger partial charge < -0.3 is 15.3 Å². The second-order valence-corrected chi connectivity index (χ2v) is 4.98. The Kier molecular flexibility index (Phi) is 4.62. The van der Waals surface area contributed by atoms with Gasteiger partial charge >= 0.3 is 6.03 Å². The fourth-order valence-electron chi connectivity index (χ4n) is 2.36. The van der Waals surface area contributed by atoms with Crippen LogP contribution in [0.2, 0.25) is 0 Å². The molecule has 0 atom stereocenters. The third-order valence-corrected chi connectivity index (χ3v) is 3.72.